The number of anilines is 1. The molecule has 21 heavy (non-hydrogen) atoms. The summed E-state index contributed by atoms with van der Waals surface area (Å²) in [6.45, 7) is 4.91. The minimum Gasteiger partial charge on any atom is -0.356 e. The Bertz CT molecular complexity index is 787. The van der Waals surface area contributed by atoms with E-state index in [1.807, 2.05) is 24.0 Å². The van der Waals surface area contributed by atoms with Crippen LogP contribution in [-0.2, 0) is 6.54 Å². The number of halogens is 1. The monoisotopic (exact) mass is 347 g/mol. The highest BCUT2D eigenvalue weighted by molar-refractivity contribution is 9.10. The van der Waals surface area contributed by atoms with Crippen LogP contribution in [-0.4, -0.2) is 42.5 Å². The van der Waals surface area contributed by atoms with E-state index in [9.17, 15) is 0 Å². The molecule has 0 spiro atoms. The highest BCUT2D eigenvalue weighted by Crippen LogP contribution is 2.26. The van der Waals surface area contributed by atoms with Gasteiger partial charge >= 0.3 is 0 Å². The zero-order chi connectivity index (χ0) is 14.4. The van der Waals surface area contributed by atoms with E-state index in [-0.39, 0.29) is 0 Å². The third-order valence-corrected chi connectivity index (χ3v) is 4.10. The van der Waals surface area contributed by atoms with E-state index in [0.717, 1.165) is 35.6 Å². The summed E-state index contributed by atoms with van der Waals surface area (Å²) in [6, 6.07) is 2.06. The predicted octanol–water partition coefficient (Wildman–Crippen LogP) is 1.53. The molecule has 0 bridgehead atoms. The van der Waals surface area contributed by atoms with E-state index in [1.165, 1.54) is 0 Å². The van der Waals surface area contributed by atoms with Crippen molar-refractivity contribution >= 4 is 27.5 Å². The average Bonchev–Trinajstić information content (AvgIpc) is 3.01. The van der Waals surface area contributed by atoms with Crippen molar-refractivity contribution in [3.8, 4) is 0 Å². The molecule has 1 fully saturated rings. The molecular weight excluding hydrogens is 334 g/mol. The van der Waals surface area contributed by atoms with Gasteiger partial charge in [-0.3, -0.25) is 4.68 Å². The Morgan fingerprint density at radius 1 is 1.33 bits per heavy atom. The second-order valence-electron chi connectivity index (χ2n) is 5.38. The summed E-state index contributed by atoms with van der Waals surface area (Å²) in [4.78, 5) is 10.8. The largest absolute Gasteiger partial charge is 0.356 e. The standard InChI is InChI=1S/C13H14BrN7/c1-9-2-12(21-13(18-9)15-8-17-21)19-4-10(5-19)6-20-7-11(14)3-16-20/h2-3,7-8,10H,4-6H2,1H3. The highest BCUT2D eigenvalue weighted by Gasteiger charge is 2.29. The summed E-state index contributed by atoms with van der Waals surface area (Å²) in [5.41, 5.74) is 0.963. The van der Waals surface area contributed by atoms with Crippen molar-refractivity contribution in [2.45, 2.75) is 13.5 Å². The zero-order valence-electron chi connectivity index (χ0n) is 11.5. The van der Waals surface area contributed by atoms with Gasteiger partial charge in [-0.25, -0.2) is 4.98 Å². The van der Waals surface area contributed by atoms with Crippen LogP contribution >= 0.6 is 15.9 Å². The zero-order valence-corrected chi connectivity index (χ0v) is 13.1. The van der Waals surface area contributed by atoms with Crippen LogP contribution in [0.15, 0.2) is 29.3 Å². The van der Waals surface area contributed by atoms with Crippen molar-refractivity contribution in [1.29, 1.82) is 0 Å². The van der Waals surface area contributed by atoms with Gasteiger partial charge in [0.05, 0.1) is 10.7 Å². The third-order valence-electron chi connectivity index (χ3n) is 3.69. The molecule has 4 rings (SSSR count). The van der Waals surface area contributed by atoms with Gasteiger partial charge in [0.15, 0.2) is 0 Å². The summed E-state index contributed by atoms with van der Waals surface area (Å²) in [5.74, 6) is 2.32. The van der Waals surface area contributed by atoms with Crippen LogP contribution in [0.1, 0.15) is 5.69 Å². The van der Waals surface area contributed by atoms with Gasteiger partial charge in [0.25, 0.3) is 5.78 Å². The van der Waals surface area contributed by atoms with Crippen molar-refractivity contribution in [3.63, 3.8) is 0 Å². The number of hydrogen-bond donors (Lipinski definition) is 0. The Morgan fingerprint density at radius 2 is 2.19 bits per heavy atom. The number of aryl methyl sites for hydroxylation is 1. The first-order valence-electron chi connectivity index (χ1n) is 6.79. The summed E-state index contributed by atoms with van der Waals surface area (Å²) < 4.78 is 4.80. The van der Waals surface area contributed by atoms with Gasteiger partial charge in [-0.2, -0.15) is 19.7 Å². The topological polar surface area (TPSA) is 64.1 Å². The number of aromatic nitrogens is 6. The summed E-state index contributed by atoms with van der Waals surface area (Å²) in [6.07, 6.45) is 5.38. The molecule has 3 aromatic rings. The van der Waals surface area contributed by atoms with Crippen molar-refractivity contribution in [3.05, 3.63) is 35.0 Å². The fraction of sp³-hybridized carbons (Fsp3) is 0.385. The Balaban J connectivity index is 1.50. The van der Waals surface area contributed by atoms with Crippen LogP contribution in [0.4, 0.5) is 5.82 Å². The Morgan fingerprint density at radius 3 is 2.95 bits per heavy atom. The second-order valence-corrected chi connectivity index (χ2v) is 6.29. The molecule has 108 valence electrons. The Labute approximate surface area is 129 Å². The molecule has 0 radical (unpaired) electrons. The van der Waals surface area contributed by atoms with E-state index >= 15 is 0 Å². The minimum atomic E-state index is 0.601. The van der Waals surface area contributed by atoms with Gasteiger partial charge in [0.2, 0.25) is 0 Å². The maximum absolute atomic E-state index is 4.37. The highest BCUT2D eigenvalue weighted by atomic mass is 79.9. The number of hydrogen-bond acceptors (Lipinski definition) is 5. The lowest BCUT2D eigenvalue weighted by molar-refractivity contribution is 0.338. The molecule has 1 saturated heterocycles. The smallest absolute Gasteiger partial charge is 0.254 e. The number of fused-ring (bicyclic) bond motifs is 1. The first-order chi connectivity index (χ1) is 10.2. The van der Waals surface area contributed by atoms with E-state index in [0.29, 0.717) is 11.7 Å². The lowest BCUT2D eigenvalue weighted by atomic mass is 10.0. The normalized spacial score (nSPS) is 15.6. The first-order valence-corrected chi connectivity index (χ1v) is 7.58. The van der Waals surface area contributed by atoms with Gasteiger partial charge in [0.1, 0.15) is 12.1 Å². The molecule has 0 saturated carbocycles. The molecule has 8 heteroatoms. The molecule has 0 aliphatic carbocycles. The van der Waals surface area contributed by atoms with Gasteiger partial charge < -0.3 is 4.90 Å². The van der Waals surface area contributed by atoms with Crippen LogP contribution in [0, 0.1) is 12.8 Å². The van der Waals surface area contributed by atoms with Crippen LogP contribution in [0.3, 0.4) is 0 Å². The fourth-order valence-corrected chi connectivity index (χ4v) is 3.04. The third kappa shape index (κ3) is 2.29. The maximum Gasteiger partial charge on any atom is 0.254 e. The summed E-state index contributed by atoms with van der Waals surface area (Å²) in [5, 5.41) is 8.56. The van der Waals surface area contributed by atoms with E-state index in [2.05, 4.69) is 47.1 Å². The van der Waals surface area contributed by atoms with Crippen molar-refractivity contribution in [1.82, 2.24) is 29.4 Å². The van der Waals surface area contributed by atoms with E-state index < -0.39 is 0 Å². The van der Waals surface area contributed by atoms with Crippen LogP contribution in [0.5, 0.6) is 0 Å². The summed E-state index contributed by atoms with van der Waals surface area (Å²) in [7, 11) is 0. The van der Waals surface area contributed by atoms with Gasteiger partial charge in [-0.05, 0) is 22.9 Å². The van der Waals surface area contributed by atoms with Crippen molar-refractivity contribution < 1.29 is 0 Å². The second kappa shape index (κ2) is 4.80. The molecule has 3 aromatic heterocycles. The number of nitrogens with zero attached hydrogens (tertiary/aromatic N) is 7. The fourth-order valence-electron chi connectivity index (χ4n) is 2.71. The molecule has 0 atom stereocenters. The van der Waals surface area contributed by atoms with Gasteiger partial charge in [-0.15, -0.1) is 0 Å². The molecular formula is C13H14BrN7. The van der Waals surface area contributed by atoms with Gasteiger partial charge in [0, 0.05) is 43.5 Å². The first kappa shape index (κ1) is 12.8. The lowest BCUT2D eigenvalue weighted by Gasteiger charge is -2.40. The van der Waals surface area contributed by atoms with Crippen LogP contribution in [0.2, 0.25) is 0 Å². The molecule has 0 N–H and O–H groups in total. The molecule has 0 unspecified atom stereocenters. The van der Waals surface area contributed by atoms with E-state index in [4.69, 9.17) is 0 Å². The Kier molecular flexibility index (Phi) is 2.91. The van der Waals surface area contributed by atoms with Crippen molar-refractivity contribution in [2.24, 2.45) is 5.92 Å². The molecule has 7 nitrogen and oxygen atoms in total. The quantitative estimate of drug-likeness (QED) is 0.718. The minimum absolute atomic E-state index is 0.601. The number of rotatable bonds is 3. The maximum atomic E-state index is 4.37. The van der Waals surface area contributed by atoms with Crippen LogP contribution < -0.4 is 4.90 Å². The van der Waals surface area contributed by atoms with E-state index in [1.54, 1.807) is 10.8 Å². The Hall–Kier alpha value is -1.96. The molecule has 0 aromatic carbocycles. The molecule has 4 heterocycles. The summed E-state index contributed by atoms with van der Waals surface area (Å²) >= 11 is 3.42. The molecule has 1 aliphatic heterocycles. The SMILES string of the molecule is Cc1cc(N2CC(Cn3cc(Br)cn3)C2)n2ncnc2n1. The van der Waals surface area contributed by atoms with Crippen molar-refractivity contribution in [2.75, 3.05) is 18.0 Å². The average molecular weight is 348 g/mol. The van der Waals surface area contributed by atoms with Crippen LogP contribution in [0.25, 0.3) is 5.78 Å². The molecule has 0 amide bonds. The lowest BCUT2D eigenvalue weighted by Crippen LogP contribution is -2.49. The molecule has 1 aliphatic rings. The predicted molar refractivity (Wildman–Crippen MR) is 81.1 cm³/mol. The van der Waals surface area contributed by atoms with Gasteiger partial charge in [-0.1, -0.05) is 0 Å².